The van der Waals surface area contributed by atoms with Crippen molar-refractivity contribution in [2.24, 2.45) is 0 Å². The Kier molecular flexibility index (Phi) is 12.2. The highest BCUT2D eigenvalue weighted by Crippen LogP contribution is 2.36. The van der Waals surface area contributed by atoms with E-state index in [9.17, 15) is 14.4 Å². The van der Waals surface area contributed by atoms with Crippen LogP contribution in [0.15, 0.2) is 60.7 Å². The summed E-state index contributed by atoms with van der Waals surface area (Å²) in [7, 11) is 1.38. The summed E-state index contributed by atoms with van der Waals surface area (Å²) in [6.45, 7) is 5.78. The number of nitrogens with zero attached hydrogens (tertiary/aromatic N) is 3. The van der Waals surface area contributed by atoms with Crippen LogP contribution in [0.3, 0.4) is 0 Å². The number of hydrogen-bond acceptors (Lipinski definition) is 8. The summed E-state index contributed by atoms with van der Waals surface area (Å²) in [6.07, 6.45) is 1.13. The number of anilines is 1. The highest BCUT2D eigenvalue weighted by Gasteiger charge is 2.50. The van der Waals surface area contributed by atoms with Crippen LogP contribution in [0, 0.1) is 0 Å². The number of benzene rings is 2. The maximum atomic E-state index is 13.6. The standard InChI is InChI=1S/C29H37N3O5.C2H2O4/c1-3-26(33)32(24-12-8-5-9-13-24)29(28(35)36-2)14-16-30(17-15-29)22-25(23-10-6-4-7-11-23)27(34)31-18-20-37-21-19-31;3-1(4)2(5)6/h4-13,25H,3,14-22H2,1-2H3;(H,3,4)(H,5,6). The lowest BCUT2D eigenvalue weighted by Crippen LogP contribution is -2.63. The molecule has 43 heavy (non-hydrogen) atoms. The Hall–Kier alpha value is -4.29. The number of para-hydroxylation sites is 1. The molecule has 2 aromatic carbocycles. The van der Waals surface area contributed by atoms with Gasteiger partial charge in [0.05, 0.1) is 26.2 Å². The van der Waals surface area contributed by atoms with Crippen LogP contribution >= 0.6 is 0 Å². The SMILES string of the molecule is CCC(=O)N(c1ccccc1)C1(C(=O)OC)CCN(CC(C(=O)N2CCOCC2)c2ccccc2)CC1.O=C(O)C(=O)O. The number of esters is 1. The number of hydrogen-bond donors (Lipinski definition) is 2. The van der Waals surface area contributed by atoms with Crippen molar-refractivity contribution in [1.29, 1.82) is 0 Å². The molecule has 0 radical (unpaired) electrons. The average Bonchev–Trinajstić information content (AvgIpc) is 3.05. The van der Waals surface area contributed by atoms with E-state index in [-0.39, 0.29) is 24.2 Å². The van der Waals surface area contributed by atoms with Gasteiger partial charge in [-0.05, 0) is 30.5 Å². The summed E-state index contributed by atoms with van der Waals surface area (Å²) in [6, 6.07) is 19.2. The first-order chi connectivity index (χ1) is 20.6. The van der Waals surface area contributed by atoms with E-state index in [1.165, 1.54) is 7.11 Å². The maximum Gasteiger partial charge on any atom is 0.414 e. The molecule has 2 saturated heterocycles. The number of carbonyl (C=O) groups excluding carboxylic acids is 3. The van der Waals surface area contributed by atoms with E-state index in [2.05, 4.69) is 4.90 Å². The van der Waals surface area contributed by atoms with Gasteiger partial charge < -0.3 is 29.5 Å². The molecule has 2 aromatic rings. The second-order valence-corrected chi connectivity index (χ2v) is 10.3. The summed E-state index contributed by atoms with van der Waals surface area (Å²) in [4.78, 5) is 64.0. The number of carboxylic acids is 2. The van der Waals surface area contributed by atoms with Crippen LogP contribution < -0.4 is 4.90 Å². The summed E-state index contributed by atoms with van der Waals surface area (Å²) >= 11 is 0. The lowest BCUT2D eigenvalue weighted by atomic mass is 9.83. The molecule has 4 rings (SSSR count). The minimum atomic E-state index is -1.82. The van der Waals surface area contributed by atoms with Gasteiger partial charge in [-0.3, -0.25) is 14.5 Å². The van der Waals surface area contributed by atoms with Crippen LogP contribution in [0.5, 0.6) is 0 Å². The zero-order valence-electron chi connectivity index (χ0n) is 24.5. The van der Waals surface area contributed by atoms with E-state index < -0.39 is 23.4 Å². The third-order valence-corrected chi connectivity index (χ3v) is 7.69. The van der Waals surface area contributed by atoms with Crippen LogP contribution in [0.4, 0.5) is 5.69 Å². The second-order valence-electron chi connectivity index (χ2n) is 10.3. The Labute approximate surface area is 250 Å². The fourth-order valence-corrected chi connectivity index (χ4v) is 5.45. The quantitative estimate of drug-likeness (QED) is 0.342. The van der Waals surface area contributed by atoms with Gasteiger partial charge in [0.25, 0.3) is 0 Å². The molecule has 0 saturated carbocycles. The van der Waals surface area contributed by atoms with Gasteiger partial charge in [0.2, 0.25) is 11.8 Å². The van der Waals surface area contributed by atoms with Crippen molar-refractivity contribution < 1.29 is 43.7 Å². The molecule has 12 nitrogen and oxygen atoms in total. The molecule has 1 unspecified atom stereocenters. The largest absolute Gasteiger partial charge is 0.473 e. The van der Waals surface area contributed by atoms with Crippen LogP contribution in [-0.4, -0.2) is 108 Å². The Morgan fingerprint density at radius 2 is 1.42 bits per heavy atom. The molecule has 2 aliphatic rings. The van der Waals surface area contributed by atoms with Crippen molar-refractivity contribution in [1.82, 2.24) is 9.80 Å². The van der Waals surface area contributed by atoms with Crippen LogP contribution in [0.1, 0.15) is 37.7 Å². The van der Waals surface area contributed by atoms with E-state index >= 15 is 0 Å². The minimum absolute atomic E-state index is 0.103. The average molecular weight is 598 g/mol. The zero-order valence-corrected chi connectivity index (χ0v) is 24.5. The number of aliphatic carboxylic acids is 2. The van der Waals surface area contributed by atoms with Crippen LogP contribution in [0.2, 0.25) is 0 Å². The first kappa shape index (κ1) is 33.2. The van der Waals surface area contributed by atoms with E-state index in [0.717, 1.165) is 5.56 Å². The molecule has 0 bridgehead atoms. The molecule has 0 spiro atoms. The van der Waals surface area contributed by atoms with Gasteiger partial charge in [0.15, 0.2) is 0 Å². The monoisotopic (exact) mass is 597 g/mol. The van der Waals surface area contributed by atoms with Crippen molar-refractivity contribution in [3.8, 4) is 0 Å². The Balaban J connectivity index is 0.000000765. The summed E-state index contributed by atoms with van der Waals surface area (Å²) in [5, 5.41) is 14.8. The number of carbonyl (C=O) groups is 5. The Bertz CT molecular complexity index is 1230. The van der Waals surface area contributed by atoms with Crippen LogP contribution in [-0.2, 0) is 33.4 Å². The molecular formula is C31H39N3O9. The number of rotatable bonds is 8. The van der Waals surface area contributed by atoms with Gasteiger partial charge >= 0.3 is 17.9 Å². The first-order valence-corrected chi connectivity index (χ1v) is 14.2. The van der Waals surface area contributed by atoms with E-state index in [1.54, 1.807) is 11.8 Å². The minimum Gasteiger partial charge on any atom is -0.473 e. The van der Waals surface area contributed by atoms with Gasteiger partial charge in [0, 0.05) is 44.8 Å². The number of carboxylic acid groups (broad SMARTS) is 2. The zero-order chi connectivity index (χ0) is 31.4. The Morgan fingerprint density at radius 3 is 1.91 bits per heavy atom. The third-order valence-electron chi connectivity index (χ3n) is 7.69. The predicted molar refractivity (Wildman–Crippen MR) is 156 cm³/mol. The van der Waals surface area contributed by atoms with Gasteiger partial charge in [-0.15, -0.1) is 0 Å². The maximum absolute atomic E-state index is 13.6. The molecule has 12 heteroatoms. The van der Waals surface area contributed by atoms with Crippen molar-refractivity contribution in [3.05, 3.63) is 66.2 Å². The first-order valence-electron chi connectivity index (χ1n) is 14.2. The van der Waals surface area contributed by atoms with E-state index in [4.69, 9.17) is 29.3 Å². The lowest BCUT2D eigenvalue weighted by molar-refractivity contribution is -0.159. The normalized spacial score (nSPS) is 17.0. The predicted octanol–water partition coefficient (Wildman–Crippen LogP) is 2.24. The van der Waals surface area contributed by atoms with Crippen molar-refractivity contribution in [2.75, 3.05) is 57.9 Å². The molecular weight excluding hydrogens is 558 g/mol. The second kappa shape index (κ2) is 15.8. The highest BCUT2D eigenvalue weighted by molar-refractivity contribution is 6.27. The molecule has 2 aliphatic heterocycles. The number of morpholine rings is 1. The van der Waals surface area contributed by atoms with Gasteiger partial charge in [-0.25, -0.2) is 14.4 Å². The van der Waals surface area contributed by atoms with E-state index in [0.29, 0.717) is 64.5 Å². The highest BCUT2D eigenvalue weighted by atomic mass is 16.5. The van der Waals surface area contributed by atoms with Gasteiger partial charge in [0.1, 0.15) is 5.54 Å². The summed E-state index contributed by atoms with van der Waals surface area (Å²) in [5.41, 5.74) is 0.588. The smallest absolute Gasteiger partial charge is 0.414 e. The van der Waals surface area contributed by atoms with Crippen molar-refractivity contribution in [2.45, 2.75) is 37.6 Å². The third kappa shape index (κ3) is 8.39. The fraction of sp³-hybridized carbons (Fsp3) is 0.452. The number of piperidine rings is 1. The van der Waals surface area contributed by atoms with Gasteiger partial charge in [-0.2, -0.15) is 0 Å². The molecule has 2 amide bonds. The van der Waals surface area contributed by atoms with E-state index in [1.807, 2.05) is 65.6 Å². The Morgan fingerprint density at radius 1 is 0.884 bits per heavy atom. The number of ether oxygens (including phenoxy) is 2. The molecule has 1 atom stereocenters. The molecule has 0 aromatic heterocycles. The number of amides is 2. The summed E-state index contributed by atoms with van der Waals surface area (Å²) < 4.78 is 10.7. The topological polar surface area (TPSA) is 154 Å². The van der Waals surface area contributed by atoms with Gasteiger partial charge in [-0.1, -0.05) is 55.5 Å². The molecule has 2 fully saturated rings. The summed E-state index contributed by atoms with van der Waals surface area (Å²) in [5.74, 6) is -4.37. The molecule has 232 valence electrons. The van der Waals surface area contributed by atoms with Crippen LogP contribution in [0.25, 0.3) is 0 Å². The molecule has 0 aliphatic carbocycles. The lowest BCUT2D eigenvalue weighted by Gasteiger charge is -2.47. The molecule has 2 heterocycles. The fourth-order valence-electron chi connectivity index (χ4n) is 5.45. The number of methoxy groups -OCH3 is 1. The van der Waals surface area contributed by atoms with Crippen molar-refractivity contribution in [3.63, 3.8) is 0 Å². The number of likely N-dealkylation sites (tertiary alicyclic amines) is 1. The molecule has 2 N–H and O–H groups in total. The van der Waals surface area contributed by atoms with Crippen molar-refractivity contribution >= 4 is 35.4 Å².